The van der Waals surface area contributed by atoms with E-state index in [2.05, 4.69) is 0 Å². The quantitative estimate of drug-likeness (QED) is 0.0847. The summed E-state index contributed by atoms with van der Waals surface area (Å²) in [5, 5.41) is 76.8. The highest BCUT2D eigenvalue weighted by Gasteiger charge is 2.44. The van der Waals surface area contributed by atoms with Crippen molar-refractivity contribution in [3.63, 3.8) is 0 Å². The minimum Gasteiger partial charge on any atom is -0.394 e. The molecule has 0 aliphatic carbocycles. The summed E-state index contributed by atoms with van der Waals surface area (Å²) in [6.07, 6.45) is -10.6. The second-order valence-electron chi connectivity index (χ2n) is 8.82. The third-order valence-corrected chi connectivity index (χ3v) is 5.94. The van der Waals surface area contributed by atoms with Crippen LogP contribution in [-0.4, -0.2) is 155 Å². The van der Waals surface area contributed by atoms with Crippen molar-refractivity contribution in [2.45, 2.75) is 87.1 Å². The molecule has 2 rings (SSSR count). The summed E-state index contributed by atoms with van der Waals surface area (Å²) in [4.78, 5) is 0. The number of hydrogen-bond acceptors (Lipinski definition) is 14. The van der Waals surface area contributed by atoms with Gasteiger partial charge in [0.05, 0.1) is 19.8 Å². The summed E-state index contributed by atoms with van der Waals surface area (Å²) in [5.74, 6) is 0. The van der Waals surface area contributed by atoms with Crippen LogP contribution in [0, 0.1) is 0 Å². The largest absolute Gasteiger partial charge is 0.394 e. The highest BCUT2D eigenvalue weighted by atomic mass is 16.7. The van der Waals surface area contributed by atoms with Crippen molar-refractivity contribution in [2.75, 3.05) is 52.9 Å². The number of aliphatic hydroxyl groups is 8. The zero-order valence-corrected chi connectivity index (χ0v) is 20.3. The van der Waals surface area contributed by atoms with Crippen molar-refractivity contribution in [1.82, 2.24) is 0 Å². The van der Waals surface area contributed by atoms with Gasteiger partial charge >= 0.3 is 0 Å². The SMILES string of the molecule is OC[C@H]1O[C@H](OCCCOCCCCOCCCOC[C@H]2O[C@H](O)[C@H](O)[C@@H](O)[C@H]2O)[C@H](O)[C@@H](O)[C@H]1O. The predicted octanol–water partition coefficient (Wildman–Crippen LogP) is -3.79. The molecule has 0 spiro atoms. The topological polar surface area (TPSA) is 217 Å². The van der Waals surface area contributed by atoms with E-state index in [0.717, 1.165) is 12.8 Å². The van der Waals surface area contributed by atoms with Crippen LogP contribution in [0.4, 0.5) is 0 Å². The molecule has 0 radical (unpaired) electrons. The first kappa shape index (κ1) is 31.7. The van der Waals surface area contributed by atoms with Gasteiger partial charge in [-0.05, 0) is 25.7 Å². The number of ether oxygens (including phenoxy) is 6. The Bertz CT molecular complexity index is 569. The predicted molar refractivity (Wildman–Crippen MR) is 120 cm³/mol. The fraction of sp³-hybridized carbons (Fsp3) is 1.00. The summed E-state index contributed by atoms with van der Waals surface area (Å²) in [6.45, 7) is 2.03. The maximum absolute atomic E-state index is 9.88. The van der Waals surface area contributed by atoms with E-state index in [-0.39, 0.29) is 13.2 Å². The molecule has 2 saturated heterocycles. The van der Waals surface area contributed by atoms with Gasteiger partial charge in [0.2, 0.25) is 0 Å². The molecule has 0 aromatic heterocycles. The van der Waals surface area contributed by atoms with E-state index in [1.807, 2.05) is 0 Å². The highest BCUT2D eigenvalue weighted by Crippen LogP contribution is 2.22. The third-order valence-electron chi connectivity index (χ3n) is 5.94. The van der Waals surface area contributed by atoms with E-state index < -0.39 is 68.0 Å². The summed E-state index contributed by atoms with van der Waals surface area (Å²) < 4.78 is 32.0. The Hall–Kier alpha value is -0.560. The number of unbranched alkanes of at least 4 members (excludes halogenated alkanes) is 1. The van der Waals surface area contributed by atoms with Crippen LogP contribution in [0.5, 0.6) is 0 Å². The van der Waals surface area contributed by atoms with E-state index in [4.69, 9.17) is 33.5 Å². The second-order valence-corrected chi connectivity index (χ2v) is 8.82. The highest BCUT2D eigenvalue weighted by molar-refractivity contribution is 4.89. The zero-order chi connectivity index (χ0) is 26.5. The molecule has 0 unspecified atom stereocenters. The van der Waals surface area contributed by atoms with E-state index in [0.29, 0.717) is 45.9 Å². The lowest BCUT2D eigenvalue weighted by Crippen LogP contribution is -2.59. The summed E-state index contributed by atoms with van der Waals surface area (Å²) >= 11 is 0. The minimum atomic E-state index is -1.57. The van der Waals surface area contributed by atoms with E-state index >= 15 is 0 Å². The van der Waals surface area contributed by atoms with Gasteiger partial charge < -0.3 is 69.3 Å². The maximum atomic E-state index is 9.88. The molecule has 0 bridgehead atoms. The first-order valence-corrected chi connectivity index (χ1v) is 12.3. The average Bonchev–Trinajstić information content (AvgIpc) is 2.87. The van der Waals surface area contributed by atoms with Gasteiger partial charge in [-0.1, -0.05) is 0 Å². The van der Waals surface area contributed by atoms with Crippen LogP contribution in [-0.2, 0) is 28.4 Å². The van der Waals surface area contributed by atoms with Gasteiger partial charge in [0.1, 0.15) is 48.8 Å². The minimum absolute atomic E-state index is 0.0348. The van der Waals surface area contributed by atoms with Crippen LogP contribution in [0.3, 0.4) is 0 Å². The molecule has 2 fully saturated rings. The first-order valence-electron chi connectivity index (χ1n) is 12.3. The summed E-state index contributed by atoms with van der Waals surface area (Å²) in [5.41, 5.74) is 0. The summed E-state index contributed by atoms with van der Waals surface area (Å²) in [6, 6.07) is 0. The lowest BCUT2D eigenvalue weighted by atomic mass is 9.99. The number of rotatable bonds is 17. The Balaban J connectivity index is 1.36. The van der Waals surface area contributed by atoms with Gasteiger partial charge in [-0.25, -0.2) is 0 Å². The standard InChI is InChI=1S/C22H42O14/c23-11-13-15(24)18(27)20(29)22(36-13)34-10-4-8-32-6-2-1-5-31-7-3-9-33-12-14-16(25)17(26)19(28)21(30)35-14/h13-30H,1-12H2/t13-,14-,15+,16+,17+,18+,19-,20-,21+,22+/m1/s1. The molecule has 2 heterocycles. The van der Waals surface area contributed by atoms with Crippen LogP contribution < -0.4 is 0 Å². The van der Waals surface area contributed by atoms with Crippen molar-refractivity contribution in [2.24, 2.45) is 0 Å². The Morgan fingerprint density at radius 3 is 1.67 bits per heavy atom. The van der Waals surface area contributed by atoms with Crippen molar-refractivity contribution in [3.8, 4) is 0 Å². The van der Waals surface area contributed by atoms with E-state index in [1.165, 1.54) is 0 Å². The normalized spacial score (nSPS) is 37.3. The van der Waals surface area contributed by atoms with Crippen molar-refractivity contribution in [1.29, 1.82) is 0 Å². The molecular formula is C22H42O14. The molecule has 214 valence electrons. The Morgan fingerprint density at radius 1 is 0.500 bits per heavy atom. The fourth-order valence-corrected chi connectivity index (χ4v) is 3.71. The zero-order valence-electron chi connectivity index (χ0n) is 20.3. The molecule has 0 aromatic rings. The molecule has 0 amide bonds. The third kappa shape index (κ3) is 9.96. The molecule has 0 aromatic carbocycles. The van der Waals surface area contributed by atoms with Gasteiger partial charge in [0, 0.05) is 33.0 Å². The molecule has 0 saturated carbocycles. The van der Waals surface area contributed by atoms with E-state index in [9.17, 15) is 35.7 Å². The van der Waals surface area contributed by atoms with Crippen LogP contribution in [0.2, 0.25) is 0 Å². The first-order chi connectivity index (χ1) is 17.3. The maximum Gasteiger partial charge on any atom is 0.186 e. The molecule has 8 N–H and O–H groups in total. The van der Waals surface area contributed by atoms with E-state index in [1.54, 1.807) is 0 Å². The van der Waals surface area contributed by atoms with Crippen molar-refractivity contribution in [3.05, 3.63) is 0 Å². The van der Waals surface area contributed by atoms with Gasteiger partial charge in [-0.15, -0.1) is 0 Å². The lowest BCUT2D eigenvalue weighted by molar-refractivity contribution is -0.301. The molecular weight excluding hydrogens is 488 g/mol. The Kier molecular flexibility index (Phi) is 15.0. The monoisotopic (exact) mass is 530 g/mol. The number of hydrogen-bond donors (Lipinski definition) is 8. The fourth-order valence-electron chi connectivity index (χ4n) is 3.71. The molecule has 14 nitrogen and oxygen atoms in total. The van der Waals surface area contributed by atoms with Crippen LogP contribution in [0.15, 0.2) is 0 Å². The molecule has 36 heavy (non-hydrogen) atoms. The molecule has 2 aliphatic heterocycles. The molecule has 2 aliphatic rings. The van der Waals surface area contributed by atoms with Crippen LogP contribution in [0.1, 0.15) is 25.7 Å². The van der Waals surface area contributed by atoms with Crippen LogP contribution in [0.25, 0.3) is 0 Å². The van der Waals surface area contributed by atoms with Crippen molar-refractivity contribution < 1.29 is 69.3 Å². The van der Waals surface area contributed by atoms with Crippen molar-refractivity contribution >= 4 is 0 Å². The van der Waals surface area contributed by atoms with Crippen LogP contribution >= 0.6 is 0 Å². The smallest absolute Gasteiger partial charge is 0.186 e. The Morgan fingerprint density at radius 2 is 1.03 bits per heavy atom. The summed E-state index contributed by atoms with van der Waals surface area (Å²) in [7, 11) is 0. The lowest BCUT2D eigenvalue weighted by Gasteiger charge is -2.39. The van der Waals surface area contributed by atoms with Gasteiger partial charge in [0.25, 0.3) is 0 Å². The second kappa shape index (κ2) is 17.1. The number of aliphatic hydroxyl groups excluding tert-OH is 8. The molecule has 10 atom stereocenters. The Labute approximate surface area is 209 Å². The average molecular weight is 531 g/mol. The molecule has 14 heteroatoms. The van der Waals surface area contributed by atoms with Gasteiger partial charge in [-0.2, -0.15) is 0 Å². The van der Waals surface area contributed by atoms with Gasteiger partial charge in [0.15, 0.2) is 12.6 Å². The van der Waals surface area contributed by atoms with Gasteiger partial charge in [-0.3, -0.25) is 0 Å².